The number of carboxylic acid groups (broad SMARTS) is 1. The third kappa shape index (κ3) is 4.97. The summed E-state index contributed by atoms with van der Waals surface area (Å²) in [6.07, 6.45) is 6.41. The number of carboxylic acids is 1. The van der Waals surface area contributed by atoms with Gasteiger partial charge in [0.15, 0.2) is 5.13 Å². The number of aliphatic carboxylic acids is 1. The number of nitrogens with zero attached hydrogens (tertiary/aromatic N) is 1. The fraction of sp³-hybridized carbons (Fsp3) is 0.0714. The highest BCUT2D eigenvalue weighted by atomic mass is 32.1. The average molecular weight is 320 g/mol. The highest BCUT2D eigenvalue weighted by Crippen LogP contribution is 2.22. The number of nitrogens with one attached hydrogen (secondary N) is 1. The van der Waals surface area contributed by atoms with Crippen LogP contribution in [0.2, 0.25) is 0 Å². The minimum Gasteiger partial charge on any atom is -0.478 e. The van der Waals surface area contributed by atoms with Gasteiger partial charge < -0.3 is 10.4 Å². The number of rotatable bonds is 5. The number of aromatic nitrogens is 1. The van der Waals surface area contributed by atoms with Crippen LogP contribution in [0.5, 0.6) is 0 Å². The van der Waals surface area contributed by atoms with E-state index in [1.54, 1.807) is 6.08 Å². The Morgan fingerprint density at radius 1 is 1.24 bits per heavy atom. The zero-order chi connectivity index (χ0) is 15.2. The number of carbonyl (C=O) groups excluding carboxylic acids is 1. The summed E-state index contributed by atoms with van der Waals surface area (Å²) < 4.78 is 0. The van der Waals surface area contributed by atoms with E-state index in [4.69, 9.17) is 5.11 Å². The molecule has 0 fully saturated rings. The molecule has 0 aliphatic carbocycles. The van der Waals surface area contributed by atoms with Crippen LogP contribution in [0.15, 0.2) is 23.6 Å². The molecule has 5 nitrogen and oxygen atoms in total. The number of anilines is 1. The summed E-state index contributed by atoms with van der Waals surface area (Å²) >= 11 is 2.84. The van der Waals surface area contributed by atoms with Crippen LogP contribution in [0.25, 0.3) is 18.2 Å². The fourth-order valence-corrected chi connectivity index (χ4v) is 2.98. The number of hydrogen-bond donors (Lipinski definition) is 2. The van der Waals surface area contributed by atoms with Crippen molar-refractivity contribution in [3.63, 3.8) is 0 Å². The summed E-state index contributed by atoms with van der Waals surface area (Å²) in [7, 11) is 0. The van der Waals surface area contributed by atoms with Gasteiger partial charge in [-0.15, -0.1) is 22.7 Å². The monoisotopic (exact) mass is 320 g/mol. The van der Waals surface area contributed by atoms with E-state index < -0.39 is 5.97 Å². The molecule has 0 saturated heterocycles. The Labute approximate surface area is 129 Å². The summed E-state index contributed by atoms with van der Waals surface area (Å²) in [6.45, 7) is 1.44. The molecule has 2 heterocycles. The first-order valence-electron chi connectivity index (χ1n) is 5.95. The van der Waals surface area contributed by atoms with Gasteiger partial charge in [0.1, 0.15) is 0 Å². The SMILES string of the molecule is CC(=O)Nc1nc(C=Cc2ccc(/C=C/C(=O)O)s2)cs1. The maximum absolute atomic E-state index is 10.9. The predicted octanol–water partition coefficient (Wildman–Crippen LogP) is 3.43. The second-order valence-electron chi connectivity index (χ2n) is 4.00. The molecular formula is C14H12N2O3S2. The van der Waals surface area contributed by atoms with Crippen molar-refractivity contribution >= 4 is 57.9 Å². The molecule has 0 atom stereocenters. The summed E-state index contributed by atoms with van der Waals surface area (Å²) in [5.74, 6) is -1.11. The number of hydrogen-bond acceptors (Lipinski definition) is 5. The van der Waals surface area contributed by atoms with E-state index in [2.05, 4.69) is 10.3 Å². The van der Waals surface area contributed by atoms with Gasteiger partial charge in [-0.3, -0.25) is 4.79 Å². The van der Waals surface area contributed by atoms with Gasteiger partial charge in [0, 0.05) is 28.1 Å². The van der Waals surface area contributed by atoms with Crippen molar-refractivity contribution in [1.82, 2.24) is 4.98 Å². The van der Waals surface area contributed by atoms with Crippen LogP contribution in [0, 0.1) is 0 Å². The summed E-state index contributed by atoms with van der Waals surface area (Å²) in [5.41, 5.74) is 0.764. The van der Waals surface area contributed by atoms with Crippen LogP contribution in [0.4, 0.5) is 5.13 Å². The highest BCUT2D eigenvalue weighted by Gasteiger charge is 2.01. The van der Waals surface area contributed by atoms with Crippen LogP contribution in [-0.2, 0) is 9.59 Å². The van der Waals surface area contributed by atoms with Gasteiger partial charge in [-0.2, -0.15) is 0 Å². The topological polar surface area (TPSA) is 79.3 Å². The molecule has 21 heavy (non-hydrogen) atoms. The molecular weight excluding hydrogens is 308 g/mol. The number of thiophene rings is 1. The summed E-state index contributed by atoms with van der Waals surface area (Å²) in [6, 6.07) is 3.76. The smallest absolute Gasteiger partial charge is 0.328 e. The first-order chi connectivity index (χ1) is 10.0. The highest BCUT2D eigenvalue weighted by molar-refractivity contribution is 7.14. The lowest BCUT2D eigenvalue weighted by atomic mass is 10.3. The zero-order valence-electron chi connectivity index (χ0n) is 11.1. The molecule has 2 aromatic heterocycles. The van der Waals surface area contributed by atoms with Gasteiger partial charge in [0.05, 0.1) is 5.69 Å². The van der Waals surface area contributed by atoms with Gasteiger partial charge >= 0.3 is 5.97 Å². The molecule has 0 aliphatic heterocycles. The minimum atomic E-state index is -0.964. The molecule has 0 aromatic carbocycles. The third-order valence-corrected chi connectivity index (χ3v) is 4.05. The molecule has 2 N–H and O–H groups in total. The van der Waals surface area contributed by atoms with E-state index >= 15 is 0 Å². The van der Waals surface area contributed by atoms with Crippen LogP contribution in [0.1, 0.15) is 22.4 Å². The van der Waals surface area contributed by atoms with Crippen LogP contribution < -0.4 is 5.32 Å². The Morgan fingerprint density at radius 3 is 2.62 bits per heavy atom. The maximum atomic E-state index is 10.9. The molecule has 0 radical (unpaired) electrons. The van der Waals surface area contributed by atoms with Crippen molar-refractivity contribution in [2.75, 3.05) is 5.32 Å². The fourth-order valence-electron chi connectivity index (χ4n) is 1.44. The van der Waals surface area contributed by atoms with Crippen LogP contribution in [0.3, 0.4) is 0 Å². The second-order valence-corrected chi connectivity index (χ2v) is 6.01. The van der Waals surface area contributed by atoms with Gasteiger partial charge in [0.25, 0.3) is 0 Å². The molecule has 0 spiro atoms. The lowest BCUT2D eigenvalue weighted by Crippen LogP contribution is -2.04. The van der Waals surface area contributed by atoms with Gasteiger partial charge in [-0.05, 0) is 30.4 Å². The van der Waals surface area contributed by atoms with Gasteiger partial charge in [-0.25, -0.2) is 9.78 Å². The van der Waals surface area contributed by atoms with Gasteiger partial charge in [-0.1, -0.05) is 0 Å². The Bertz CT molecular complexity index is 713. The molecule has 0 bridgehead atoms. The first-order valence-corrected chi connectivity index (χ1v) is 7.64. The van der Waals surface area contributed by atoms with E-state index in [1.807, 2.05) is 29.7 Å². The largest absolute Gasteiger partial charge is 0.478 e. The Balaban J connectivity index is 2.02. The Kier molecular flexibility index (Phi) is 5.02. The predicted molar refractivity (Wildman–Crippen MR) is 86.3 cm³/mol. The second kappa shape index (κ2) is 6.96. The van der Waals surface area contributed by atoms with Crippen LogP contribution >= 0.6 is 22.7 Å². The minimum absolute atomic E-state index is 0.145. The summed E-state index contributed by atoms with van der Waals surface area (Å²) in [4.78, 5) is 27.4. The lowest BCUT2D eigenvalue weighted by molar-refractivity contribution is -0.131. The molecule has 0 aliphatic rings. The Morgan fingerprint density at radius 2 is 1.95 bits per heavy atom. The summed E-state index contributed by atoms with van der Waals surface area (Å²) in [5, 5.41) is 13.6. The molecule has 0 saturated carbocycles. The molecule has 1 amide bonds. The van der Waals surface area contributed by atoms with E-state index in [1.165, 1.54) is 29.6 Å². The number of thiazole rings is 1. The lowest BCUT2D eigenvalue weighted by Gasteiger charge is -1.92. The average Bonchev–Trinajstić information content (AvgIpc) is 3.02. The van der Waals surface area contributed by atoms with Crippen molar-refractivity contribution in [3.05, 3.63) is 39.0 Å². The zero-order valence-corrected chi connectivity index (χ0v) is 12.7. The maximum Gasteiger partial charge on any atom is 0.328 e. The van der Waals surface area contributed by atoms with Crippen molar-refractivity contribution in [1.29, 1.82) is 0 Å². The van der Waals surface area contributed by atoms with E-state index in [0.29, 0.717) is 5.13 Å². The standard InChI is InChI=1S/C14H12N2O3S2/c1-9(17)15-14-16-10(8-20-14)2-3-11-4-5-12(21-11)6-7-13(18)19/h2-8H,1H3,(H,18,19)(H,15,16,17)/b3-2?,7-6+. The normalized spacial score (nSPS) is 11.3. The number of carbonyl (C=O) groups is 2. The molecule has 2 aromatic rings. The quantitative estimate of drug-likeness (QED) is 0.827. The third-order valence-electron chi connectivity index (χ3n) is 2.26. The van der Waals surface area contributed by atoms with Crippen molar-refractivity contribution in [2.45, 2.75) is 6.92 Å². The molecule has 108 valence electrons. The van der Waals surface area contributed by atoms with E-state index in [-0.39, 0.29) is 5.91 Å². The molecule has 0 unspecified atom stereocenters. The van der Waals surface area contributed by atoms with E-state index in [9.17, 15) is 9.59 Å². The van der Waals surface area contributed by atoms with Crippen molar-refractivity contribution in [2.24, 2.45) is 0 Å². The van der Waals surface area contributed by atoms with Gasteiger partial charge in [0.2, 0.25) is 5.91 Å². The van der Waals surface area contributed by atoms with Crippen molar-refractivity contribution < 1.29 is 14.7 Å². The Hall–Kier alpha value is -2.25. The van der Waals surface area contributed by atoms with Crippen molar-refractivity contribution in [3.8, 4) is 0 Å². The van der Waals surface area contributed by atoms with E-state index in [0.717, 1.165) is 21.5 Å². The first kappa shape index (κ1) is 15.1. The molecule has 7 heteroatoms. The van der Waals surface area contributed by atoms with Crippen LogP contribution in [-0.4, -0.2) is 22.0 Å². The molecule has 2 rings (SSSR count). The number of amides is 1.